The van der Waals surface area contributed by atoms with Crippen LogP contribution in [-0.2, 0) is 19.5 Å². The molecule has 0 saturated heterocycles. The number of fused-ring (bicyclic) bond motifs is 1. The number of likely N-dealkylation sites (N-methyl/N-ethyl adjacent to an activating group) is 1. The minimum atomic E-state index is -0.293. The van der Waals surface area contributed by atoms with Crippen molar-refractivity contribution in [2.75, 3.05) is 32.1 Å². The molecule has 8 heteroatoms. The van der Waals surface area contributed by atoms with Gasteiger partial charge in [-0.15, -0.1) is 0 Å². The summed E-state index contributed by atoms with van der Waals surface area (Å²) >= 11 is 0. The molecular weight excluding hydrogens is 445 g/mol. The smallest absolute Gasteiger partial charge is 0.322 e. The van der Waals surface area contributed by atoms with Crippen molar-refractivity contribution in [3.63, 3.8) is 0 Å². The summed E-state index contributed by atoms with van der Waals surface area (Å²) in [7, 11) is 1.60. The molecule has 7 nitrogen and oxygen atoms in total. The van der Waals surface area contributed by atoms with Gasteiger partial charge >= 0.3 is 6.03 Å². The van der Waals surface area contributed by atoms with Crippen molar-refractivity contribution >= 4 is 11.7 Å². The number of urea groups is 1. The molecule has 0 saturated carbocycles. The molecule has 4 rings (SSSR count). The van der Waals surface area contributed by atoms with E-state index in [-0.39, 0.29) is 17.8 Å². The lowest BCUT2D eigenvalue weighted by molar-refractivity contribution is 0.200. The molecule has 0 spiro atoms. The van der Waals surface area contributed by atoms with Crippen LogP contribution in [0.2, 0.25) is 0 Å². The number of hydrogen-bond acceptors (Lipinski definition) is 4. The number of rotatable bonds is 8. The van der Waals surface area contributed by atoms with Gasteiger partial charge < -0.3 is 15.0 Å². The molecule has 2 amide bonds. The molecule has 0 fully saturated rings. The molecule has 0 radical (unpaired) electrons. The topological polar surface area (TPSA) is 62.6 Å². The second-order valence-electron chi connectivity index (χ2n) is 9.32. The van der Waals surface area contributed by atoms with Crippen molar-refractivity contribution in [1.29, 1.82) is 0 Å². The van der Waals surface area contributed by atoms with Gasteiger partial charge in [-0.2, -0.15) is 5.10 Å². The summed E-state index contributed by atoms with van der Waals surface area (Å²) in [5.41, 5.74) is 4.45. The van der Waals surface area contributed by atoms with Crippen molar-refractivity contribution in [3.8, 4) is 11.4 Å². The molecule has 35 heavy (non-hydrogen) atoms. The van der Waals surface area contributed by atoms with Crippen LogP contribution in [-0.4, -0.2) is 52.4 Å². The molecule has 1 aliphatic heterocycles. The Morgan fingerprint density at radius 3 is 2.74 bits per heavy atom. The Kier molecular flexibility index (Phi) is 7.70. The number of aromatic nitrogens is 2. The minimum absolute atomic E-state index is 0.191. The Labute approximate surface area is 206 Å². The maximum Gasteiger partial charge on any atom is 0.322 e. The van der Waals surface area contributed by atoms with E-state index in [9.17, 15) is 9.18 Å². The Morgan fingerprint density at radius 1 is 1.23 bits per heavy atom. The highest BCUT2D eigenvalue weighted by Gasteiger charge is 2.27. The van der Waals surface area contributed by atoms with Crippen LogP contribution in [0.1, 0.15) is 37.7 Å². The number of anilines is 1. The van der Waals surface area contributed by atoms with Gasteiger partial charge in [-0.25, -0.2) is 13.9 Å². The van der Waals surface area contributed by atoms with Crippen LogP contribution in [0.25, 0.3) is 5.69 Å². The Balaban J connectivity index is 1.66. The zero-order chi connectivity index (χ0) is 24.9. The van der Waals surface area contributed by atoms with Gasteiger partial charge in [-0.05, 0) is 42.8 Å². The summed E-state index contributed by atoms with van der Waals surface area (Å²) in [4.78, 5) is 17.5. The number of amides is 2. The van der Waals surface area contributed by atoms with E-state index in [1.165, 1.54) is 12.1 Å². The molecule has 3 aromatic rings. The van der Waals surface area contributed by atoms with Crippen LogP contribution in [0.5, 0.6) is 5.75 Å². The molecule has 186 valence electrons. The zero-order valence-electron chi connectivity index (χ0n) is 20.9. The highest BCUT2D eigenvalue weighted by atomic mass is 19.1. The first kappa shape index (κ1) is 24.7. The van der Waals surface area contributed by atoms with Crippen LogP contribution < -0.4 is 10.1 Å². The summed E-state index contributed by atoms with van der Waals surface area (Å²) in [5.74, 6) is 0.665. The molecule has 1 aliphatic rings. The second-order valence-corrected chi connectivity index (χ2v) is 9.32. The standard InChI is InChI=1S/C27H34FN5O2/c1-5-31-13-12-26-24(17-31)25(30-33(26)22-10-6-8-20(28)14-22)18-32(16-19(2)3)27(34)29-21-9-7-11-23(15-21)35-4/h6-11,14-15,19H,5,12-13,16-18H2,1-4H3,(H,29,34). The monoisotopic (exact) mass is 479 g/mol. The summed E-state index contributed by atoms with van der Waals surface area (Å²) in [6, 6.07) is 13.6. The molecular formula is C27H34FN5O2. The number of methoxy groups -OCH3 is 1. The third kappa shape index (κ3) is 5.82. The molecule has 0 aliphatic carbocycles. The van der Waals surface area contributed by atoms with Crippen LogP contribution in [0, 0.1) is 11.7 Å². The molecule has 1 aromatic heterocycles. The van der Waals surface area contributed by atoms with Gasteiger partial charge in [0.05, 0.1) is 30.7 Å². The molecule has 0 bridgehead atoms. The number of benzene rings is 2. The number of halogens is 1. The van der Waals surface area contributed by atoms with Crippen molar-refractivity contribution in [3.05, 3.63) is 71.3 Å². The Morgan fingerprint density at radius 2 is 2.03 bits per heavy atom. The first-order chi connectivity index (χ1) is 16.9. The van der Waals surface area contributed by atoms with E-state index in [1.54, 1.807) is 24.1 Å². The lowest BCUT2D eigenvalue weighted by atomic mass is 10.0. The zero-order valence-corrected chi connectivity index (χ0v) is 20.9. The fraction of sp³-hybridized carbons (Fsp3) is 0.407. The maximum atomic E-state index is 14.0. The quantitative estimate of drug-likeness (QED) is 0.489. The van der Waals surface area contributed by atoms with Crippen molar-refractivity contribution in [2.45, 2.75) is 40.3 Å². The number of ether oxygens (including phenoxy) is 1. The van der Waals surface area contributed by atoms with E-state index < -0.39 is 0 Å². The van der Waals surface area contributed by atoms with Crippen LogP contribution in [0.4, 0.5) is 14.9 Å². The predicted octanol–water partition coefficient (Wildman–Crippen LogP) is 5.09. The van der Waals surface area contributed by atoms with Crippen molar-refractivity contribution < 1.29 is 13.9 Å². The van der Waals surface area contributed by atoms with E-state index in [0.29, 0.717) is 30.2 Å². The van der Waals surface area contributed by atoms with Crippen molar-refractivity contribution in [1.82, 2.24) is 19.6 Å². The second kappa shape index (κ2) is 10.9. The number of carbonyl (C=O) groups excluding carboxylic acids is 1. The molecule has 2 heterocycles. The third-order valence-electron chi connectivity index (χ3n) is 6.25. The van der Waals surface area contributed by atoms with E-state index >= 15 is 0 Å². The normalized spacial score (nSPS) is 13.5. The van der Waals surface area contributed by atoms with Gasteiger partial charge in [-0.1, -0.05) is 32.9 Å². The van der Waals surface area contributed by atoms with Gasteiger partial charge in [0.15, 0.2) is 0 Å². The summed E-state index contributed by atoms with van der Waals surface area (Å²) in [6.07, 6.45) is 0.826. The fourth-order valence-corrected chi connectivity index (χ4v) is 4.50. The van der Waals surface area contributed by atoms with Crippen molar-refractivity contribution in [2.24, 2.45) is 5.92 Å². The molecule has 0 atom stereocenters. The number of nitrogens with zero attached hydrogens (tertiary/aromatic N) is 4. The van der Waals surface area contributed by atoms with Crippen LogP contribution >= 0.6 is 0 Å². The average Bonchev–Trinajstić information content (AvgIpc) is 3.21. The fourth-order valence-electron chi connectivity index (χ4n) is 4.50. The SMILES string of the molecule is CCN1CCc2c(c(CN(CC(C)C)C(=O)Nc3cccc(OC)c3)nn2-c2cccc(F)c2)C1. The predicted molar refractivity (Wildman–Crippen MR) is 135 cm³/mol. The van der Waals surface area contributed by atoms with E-state index in [0.717, 1.165) is 43.0 Å². The minimum Gasteiger partial charge on any atom is -0.497 e. The maximum absolute atomic E-state index is 14.0. The number of carbonyl (C=O) groups is 1. The largest absolute Gasteiger partial charge is 0.497 e. The lowest BCUT2D eigenvalue weighted by Gasteiger charge is -2.28. The Hall–Kier alpha value is -3.39. The number of nitrogens with one attached hydrogen (secondary N) is 1. The van der Waals surface area contributed by atoms with Crippen LogP contribution in [0.15, 0.2) is 48.5 Å². The summed E-state index contributed by atoms with van der Waals surface area (Å²) in [5, 5.41) is 7.92. The lowest BCUT2D eigenvalue weighted by Crippen LogP contribution is -2.38. The van der Waals surface area contributed by atoms with Gasteiger partial charge in [0.1, 0.15) is 11.6 Å². The van der Waals surface area contributed by atoms with Gasteiger partial charge in [0, 0.05) is 43.4 Å². The first-order valence-electron chi connectivity index (χ1n) is 12.2. The van der Waals surface area contributed by atoms with Gasteiger partial charge in [0.2, 0.25) is 0 Å². The highest BCUT2D eigenvalue weighted by molar-refractivity contribution is 5.89. The van der Waals surface area contributed by atoms with E-state index in [4.69, 9.17) is 9.84 Å². The van der Waals surface area contributed by atoms with E-state index in [2.05, 4.69) is 31.0 Å². The Bertz CT molecular complexity index is 1180. The molecule has 0 unspecified atom stereocenters. The highest BCUT2D eigenvalue weighted by Crippen LogP contribution is 2.27. The number of hydrogen-bond donors (Lipinski definition) is 1. The summed E-state index contributed by atoms with van der Waals surface area (Å²) in [6.45, 7) is 9.91. The average molecular weight is 480 g/mol. The third-order valence-corrected chi connectivity index (χ3v) is 6.25. The van der Waals surface area contributed by atoms with Crippen LogP contribution in [0.3, 0.4) is 0 Å². The molecule has 1 N–H and O–H groups in total. The molecule has 2 aromatic carbocycles. The summed E-state index contributed by atoms with van der Waals surface area (Å²) < 4.78 is 21.1. The van der Waals surface area contributed by atoms with E-state index in [1.807, 2.05) is 28.9 Å². The first-order valence-corrected chi connectivity index (χ1v) is 12.2. The van der Waals surface area contributed by atoms with Gasteiger partial charge in [0.25, 0.3) is 0 Å². The van der Waals surface area contributed by atoms with Gasteiger partial charge in [-0.3, -0.25) is 4.90 Å².